The van der Waals surface area contributed by atoms with Gasteiger partial charge in [-0.2, -0.15) is 0 Å². The second-order valence-corrected chi connectivity index (χ2v) is 10.2. The molecule has 0 spiro atoms. The van der Waals surface area contributed by atoms with Gasteiger partial charge in [-0.1, -0.05) is 69.7 Å². The van der Waals surface area contributed by atoms with Gasteiger partial charge >= 0.3 is 11.5 Å². The standard InChI is InChI=1S/C26H32N2O6/c1-18-10-15-22(25(2,3)20-8-6-5-7-9-20)23(16-18)34-24(29)26(4,28(32)33)17-19-11-13-21(14-12-19)27(30)31/h5-9,11-14,18,22-23H,10,15-17H2,1-4H3/t18-,22-,23-,26?/m1/s1. The van der Waals surface area contributed by atoms with Crippen LogP contribution in [0.1, 0.15) is 58.1 Å². The fourth-order valence-corrected chi connectivity index (χ4v) is 4.97. The number of benzene rings is 2. The topological polar surface area (TPSA) is 113 Å². The molecular formula is C26H32N2O6. The van der Waals surface area contributed by atoms with E-state index in [1.807, 2.05) is 18.2 Å². The lowest BCUT2D eigenvalue weighted by atomic mass is 9.64. The van der Waals surface area contributed by atoms with Crippen LogP contribution in [-0.2, 0) is 21.4 Å². The molecule has 0 aromatic heterocycles. The van der Waals surface area contributed by atoms with E-state index in [-0.39, 0.29) is 23.4 Å². The molecule has 0 heterocycles. The molecule has 2 aromatic carbocycles. The fourth-order valence-electron chi connectivity index (χ4n) is 4.97. The van der Waals surface area contributed by atoms with Gasteiger partial charge in [-0.15, -0.1) is 0 Å². The third kappa shape index (κ3) is 5.26. The average molecular weight is 469 g/mol. The number of carbonyl (C=O) groups is 1. The second-order valence-electron chi connectivity index (χ2n) is 10.2. The number of hydrogen-bond acceptors (Lipinski definition) is 6. The molecule has 34 heavy (non-hydrogen) atoms. The summed E-state index contributed by atoms with van der Waals surface area (Å²) in [7, 11) is 0. The summed E-state index contributed by atoms with van der Waals surface area (Å²) in [5, 5.41) is 22.9. The first-order valence-corrected chi connectivity index (χ1v) is 11.6. The lowest BCUT2D eigenvalue weighted by Gasteiger charge is -2.44. The molecule has 1 aliphatic rings. The Balaban J connectivity index is 1.85. The Morgan fingerprint density at radius 3 is 2.18 bits per heavy atom. The molecular weight excluding hydrogens is 436 g/mol. The highest BCUT2D eigenvalue weighted by atomic mass is 16.6. The number of nitro benzene ring substituents is 1. The Kier molecular flexibility index (Phi) is 7.38. The van der Waals surface area contributed by atoms with E-state index >= 15 is 0 Å². The van der Waals surface area contributed by atoms with Crippen molar-refractivity contribution < 1.29 is 19.4 Å². The molecule has 0 saturated heterocycles. The van der Waals surface area contributed by atoms with E-state index < -0.39 is 27.5 Å². The molecule has 0 radical (unpaired) electrons. The summed E-state index contributed by atoms with van der Waals surface area (Å²) in [5.74, 6) is -0.508. The zero-order valence-electron chi connectivity index (χ0n) is 20.1. The molecule has 4 atom stereocenters. The number of rotatable bonds is 8. The molecule has 1 aliphatic carbocycles. The smallest absolute Gasteiger partial charge is 0.385 e. The summed E-state index contributed by atoms with van der Waals surface area (Å²) < 4.78 is 5.95. The predicted molar refractivity (Wildman–Crippen MR) is 128 cm³/mol. The second kappa shape index (κ2) is 9.91. The summed E-state index contributed by atoms with van der Waals surface area (Å²) in [4.78, 5) is 35.1. The summed E-state index contributed by atoms with van der Waals surface area (Å²) in [6.07, 6.45) is 1.86. The van der Waals surface area contributed by atoms with Crippen LogP contribution in [0.25, 0.3) is 0 Å². The van der Waals surface area contributed by atoms with E-state index in [2.05, 4.69) is 32.9 Å². The van der Waals surface area contributed by atoms with E-state index in [0.717, 1.165) is 18.4 Å². The molecule has 1 fully saturated rings. The molecule has 8 nitrogen and oxygen atoms in total. The first-order valence-electron chi connectivity index (χ1n) is 11.6. The number of hydrogen-bond donors (Lipinski definition) is 0. The van der Waals surface area contributed by atoms with Crippen molar-refractivity contribution in [3.05, 3.63) is 86.0 Å². The SMILES string of the molecule is C[C@@H]1CC[C@@H](C(C)(C)c2ccccc2)[C@H](OC(=O)C(C)(Cc2ccc([N+](=O)[O-])cc2)[N+](=O)[O-])C1. The highest BCUT2D eigenvalue weighted by molar-refractivity contribution is 5.79. The highest BCUT2D eigenvalue weighted by Gasteiger charge is 2.51. The average Bonchev–Trinajstić information content (AvgIpc) is 2.79. The molecule has 0 amide bonds. The predicted octanol–water partition coefficient (Wildman–Crippen LogP) is 5.50. The van der Waals surface area contributed by atoms with Crippen molar-refractivity contribution in [3.8, 4) is 0 Å². The van der Waals surface area contributed by atoms with Gasteiger partial charge in [-0.3, -0.25) is 20.2 Å². The number of carbonyl (C=O) groups excluding carboxylic acids is 1. The monoisotopic (exact) mass is 468 g/mol. The van der Waals surface area contributed by atoms with Gasteiger partial charge in [0.25, 0.3) is 5.69 Å². The van der Waals surface area contributed by atoms with Crippen LogP contribution in [0.15, 0.2) is 54.6 Å². The van der Waals surface area contributed by atoms with Crippen molar-refractivity contribution in [2.75, 3.05) is 0 Å². The Morgan fingerprint density at radius 2 is 1.62 bits per heavy atom. The van der Waals surface area contributed by atoms with Crippen molar-refractivity contribution in [2.45, 2.75) is 70.4 Å². The van der Waals surface area contributed by atoms with Gasteiger partial charge in [-0.25, -0.2) is 4.79 Å². The molecule has 8 heteroatoms. The van der Waals surface area contributed by atoms with Crippen LogP contribution in [0.2, 0.25) is 0 Å². The maximum absolute atomic E-state index is 13.3. The van der Waals surface area contributed by atoms with Crippen LogP contribution in [-0.4, -0.2) is 27.5 Å². The van der Waals surface area contributed by atoms with Crippen molar-refractivity contribution in [1.29, 1.82) is 0 Å². The molecule has 1 saturated carbocycles. The summed E-state index contributed by atoms with van der Waals surface area (Å²) in [6, 6.07) is 15.5. The number of nitrogens with zero attached hydrogens (tertiary/aromatic N) is 2. The van der Waals surface area contributed by atoms with Crippen molar-refractivity contribution >= 4 is 11.7 Å². The molecule has 0 aliphatic heterocycles. The largest absolute Gasteiger partial charge is 0.457 e. The molecule has 3 rings (SSSR count). The summed E-state index contributed by atoms with van der Waals surface area (Å²) in [5.41, 5.74) is -0.802. The van der Waals surface area contributed by atoms with E-state index in [0.29, 0.717) is 17.9 Å². The van der Waals surface area contributed by atoms with Gasteiger partial charge in [0, 0.05) is 29.9 Å². The zero-order valence-corrected chi connectivity index (χ0v) is 20.1. The van der Waals surface area contributed by atoms with E-state index in [1.165, 1.54) is 31.2 Å². The van der Waals surface area contributed by atoms with Crippen molar-refractivity contribution in [1.82, 2.24) is 0 Å². The minimum absolute atomic E-state index is 0.0189. The molecule has 182 valence electrons. The van der Waals surface area contributed by atoms with Crippen LogP contribution < -0.4 is 0 Å². The lowest BCUT2D eigenvalue weighted by Crippen LogP contribution is -2.51. The first kappa shape index (κ1) is 25.3. The van der Waals surface area contributed by atoms with Crippen LogP contribution in [0.3, 0.4) is 0 Å². The van der Waals surface area contributed by atoms with E-state index in [9.17, 15) is 25.0 Å². The Bertz CT molecular complexity index is 1040. The third-order valence-electron chi connectivity index (χ3n) is 7.30. The minimum Gasteiger partial charge on any atom is -0.457 e. The summed E-state index contributed by atoms with van der Waals surface area (Å²) in [6.45, 7) is 7.64. The molecule has 1 unspecified atom stereocenters. The molecule has 2 aromatic rings. The normalized spacial score (nSPS) is 22.4. The Hall–Kier alpha value is -3.29. The van der Waals surface area contributed by atoms with Gasteiger partial charge in [-0.05, 0) is 35.3 Å². The lowest BCUT2D eigenvalue weighted by molar-refractivity contribution is -0.550. The van der Waals surface area contributed by atoms with Crippen molar-refractivity contribution in [3.63, 3.8) is 0 Å². The van der Waals surface area contributed by atoms with Crippen LogP contribution >= 0.6 is 0 Å². The van der Waals surface area contributed by atoms with Crippen LogP contribution in [0, 0.1) is 32.1 Å². The zero-order chi connectivity index (χ0) is 25.1. The first-order chi connectivity index (χ1) is 15.9. The fraction of sp³-hybridized carbons (Fsp3) is 0.500. The van der Waals surface area contributed by atoms with Crippen LogP contribution in [0.4, 0.5) is 5.69 Å². The van der Waals surface area contributed by atoms with E-state index in [4.69, 9.17) is 4.74 Å². The van der Waals surface area contributed by atoms with Gasteiger partial charge in [0.1, 0.15) is 6.10 Å². The third-order valence-corrected chi connectivity index (χ3v) is 7.30. The number of esters is 1. The van der Waals surface area contributed by atoms with Gasteiger partial charge in [0.2, 0.25) is 0 Å². The van der Waals surface area contributed by atoms with Crippen molar-refractivity contribution in [2.24, 2.45) is 11.8 Å². The number of nitro groups is 2. The Labute approximate surface area is 199 Å². The maximum Gasteiger partial charge on any atom is 0.385 e. The number of ether oxygens (including phenoxy) is 1. The number of non-ortho nitro benzene ring substituents is 1. The van der Waals surface area contributed by atoms with Crippen LogP contribution in [0.5, 0.6) is 0 Å². The Morgan fingerprint density at radius 1 is 1.00 bits per heavy atom. The maximum atomic E-state index is 13.3. The van der Waals surface area contributed by atoms with Gasteiger partial charge < -0.3 is 4.74 Å². The summed E-state index contributed by atoms with van der Waals surface area (Å²) >= 11 is 0. The highest BCUT2D eigenvalue weighted by Crippen LogP contribution is 2.44. The quantitative estimate of drug-likeness (QED) is 0.287. The van der Waals surface area contributed by atoms with E-state index in [1.54, 1.807) is 0 Å². The van der Waals surface area contributed by atoms with Gasteiger partial charge in [0.05, 0.1) is 11.3 Å². The van der Waals surface area contributed by atoms with Gasteiger partial charge in [0.15, 0.2) is 0 Å². The minimum atomic E-state index is -2.00. The molecule has 0 N–H and O–H groups in total. The molecule has 0 bridgehead atoms.